The van der Waals surface area contributed by atoms with Crippen LogP contribution in [0.1, 0.15) is 136 Å². The summed E-state index contributed by atoms with van der Waals surface area (Å²) in [5.74, 6) is -2.47. The van der Waals surface area contributed by atoms with Crippen LogP contribution in [0.5, 0.6) is 0 Å². The Labute approximate surface area is 329 Å². The van der Waals surface area contributed by atoms with E-state index in [1.807, 2.05) is 6.08 Å². The number of phosphoric acid groups is 1. The third-order valence-electron chi connectivity index (χ3n) is 7.91. The van der Waals surface area contributed by atoms with Gasteiger partial charge in [0.15, 0.2) is 11.9 Å². The lowest BCUT2D eigenvalue weighted by Crippen LogP contribution is -2.34. The van der Waals surface area contributed by atoms with Gasteiger partial charge >= 0.3 is 25.7 Å². The highest BCUT2D eigenvalue weighted by Crippen LogP contribution is 2.43. The van der Waals surface area contributed by atoms with Crippen LogP contribution in [0.2, 0.25) is 0 Å². The Balaban J connectivity index is 4.59. The number of ketones is 1. The summed E-state index contributed by atoms with van der Waals surface area (Å²) < 4.78 is 32.5. The predicted octanol–water partition coefficient (Wildman–Crippen LogP) is 9.34. The quantitative estimate of drug-likeness (QED) is 0.0136. The maximum absolute atomic E-state index is 12.6. The van der Waals surface area contributed by atoms with Crippen molar-refractivity contribution in [2.24, 2.45) is 5.73 Å². The molecule has 13 heteroatoms. The van der Waals surface area contributed by atoms with Gasteiger partial charge in [-0.25, -0.2) is 4.57 Å². The Bertz CT molecular complexity index is 1270. The van der Waals surface area contributed by atoms with Crippen LogP contribution in [0.4, 0.5) is 0 Å². The minimum atomic E-state index is -4.76. The highest BCUT2D eigenvalue weighted by molar-refractivity contribution is 7.47. The van der Waals surface area contributed by atoms with E-state index < -0.39 is 57.7 Å². The molecule has 0 aromatic heterocycles. The van der Waals surface area contributed by atoms with Crippen molar-refractivity contribution in [2.45, 2.75) is 148 Å². The van der Waals surface area contributed by atoms with Crippen molar-refractivity contribution >= 4 is 31.5 Å². The van der Waals surface area contributed by atoms with Gasteiger partial charge < -0.3 is 25.2 Å². The van der Waals surface area contributed by atoms with E-state index in [2.05, 4.69) is 73.1 Å². The first kappa shape index (κ1) is 51.6. The number of carbonyl (C=O) groups excluding carboxylic acids is 3. The Morgan fingerprint density at radius 1 is 0.636 bits per heavy atom. The first-order valence-electron chi connectivity index (χ1n) is 19.9. The van der Waals surface area contributed by atoms with Crippen molar-refractivity contribution < 1.29 is 52.3 Å². The summed E-state index contributed by atoms with van der Waals surface area (Å²) in [7, 11) is -4.76. The molecular weight excluding hydrogens is 725 g/mol. The van der Waals surface area contributed by atoms with E-state index in [0.29, 0.717) is 19.3 Å². The van der Waals surface area contributed by atoms with Crippen molar-refractivity contribution in [2.75, 3.05) is 19.8 Å². The van der Waals surface area contributed by atoms with Gasteiger partial charge in [0, 0.05) is 19.3 Å². The van der Waals surface area contributed by atoms with Crippen molar-refractivity contribution in [3.05, 3.63) is 72.9 Å². The fourth-order valence-corrected chi connectivity index (χ4v) is 5.52. The second-order valence-electron chi connectivity index (χ2n) is 13.1. The summed E-state index contributed by atoms with van der Waals surface area (Å²) in [6, 6.07) is -1.55. The zero-order chi connectivity index (χ0) is 40.8. The normalized spacial score (nSPS) is 14.5. The van der Waals surface area contributed by atoms with E-state index in [0.717, 1.165) is 77.0 Å². The van der Waals surface area contributed by atoms with E-state index in [4.69, 9.17) is 24.8 Å². The second kappa shape index (κ2) is 36.2. The maximum atomic E-state index is 12.6. The summed E-state index contributed by atoms with van der Waals surface area (Å²) in [6.45, 7) is 2.44. The summed E-state index contributed by atoms with van der Waals surface area (Å²) in [5.41, 5.74) is 5.31. The molecule has 0 aliphatic heterocycles. The van der Waals surface area contributed by atoms with Gasteiger partial charge in [0.25, 0.3) is 0 Å². The molecule has 0 aromatic carbocycles. The second-order valence-corrected chi connectivity index (χ2v) is 14.5. The molecule has 0 saturated carbocycles. The minimum Gasteiger partial charge on any atom is -0.480 e. The zero-order valence-electron chi connectivity index (χ0n) is 33.2. The molecule has 0 aliphatic carbocycles. The van der Waals surface area contributed by atoms with Crippen LogP contribution < -0.4 is 5.73 Å². The lowest BCUT2D eigenvalue weighted by molar-refractivity contribution is -0.161. The summed E-state index contributed by atoms with van der Waals surface area (Å²) in [6.07, 6.45) is 38.0. The number of ether oxygens (including phenoxy) is 2. The number of phosphoric ester groups is 1. The van der Waals surface area contributed by atoms with Crippen LogP contribution in [0.25, 0.3) is 0 Å². The van der Waals surface area contributed by atoms with Crippen molar-refractivity contribution in [3.8, 4) is 0 Å². The number of carboxylic acids is 1. The minimum absolute atomic E-state index is 0.0642. The first-order chi connectivity index (χ1) is 26.5. The Kier molecular flexibility index (Phi) is 34.0. The molecule has 0 saturated heterocycles. The van der Waals surface area contributed by atoms with E-state index in [-0.39, 0.29) is 18.6 Å². The standard InChI is InChI=1S/C42H68NO11P/c1-3-5-7-9-11-12-13-14-15-16-17-18-20-24-28-32-40(45)51-34-38(35-52-55(49,50)53-36-39(43)42(47)48)54-41(46)33-29-25-21-23-27-31-37(44)30-26-22-19-10-8-6-4-2/h5,7,11-12,14-15,17-19,22,26,30,38-39H,3-4,6,8-10,13,16,20-21,23-25,27-29,31-36,43H2,1-2H3,(H,47,48)(H,49,50)/b7-5-,12-11-,15-14-,18-17-,22-19-,30-26+/t38-,39+/m1/s1. The molecule has 3 atom stereocenters. The number of esters is 2. The van der Waals surface area contributed by atoms with Gasteiger partial charge in [0.1, 0.15) is 12.6 Å². The van der Waals surface area contributed by atoms with Gasteiger partial charge in [-0.3, -0.25) is 28.2 Å². The van der Waals surface area contributed by atoms with Crippen molar-refractivity contribution in [1.82, 2.24) is 0 Å². The third-order valence-corrected chi connectivity index (χ3v) is 8.87. The topological polar surface area (TPSA) is 189 Å². The number of carboxylic acid groups (broad SMARTS) is 1. The first-order valence-corrected chi connectivity index (χ1v) is 21.4. The fourth-order valence-electron chi connectivity index (χ4n) is 4.74. The molecule has 312 valence electrons. The van der Waals surface area contributed by atoms with Gasteiger partial charge in [-0.1, -0.05) is 113 Å². The highest BCUT2D eigenvalue weighted by atomic mass is 31.2. The highest BCUT2D eigenvalue weighted by Gasteiger charge is 2.28. The van der Waals surface area contributed by atoms with Crippen molar-refractivity contribution in [1.29, 1.82) is 0 Å². The van der Waals surface area contributed by atoms with Gasteiger partial charge in [0.2, 0.25) is 0 Å². The number of hydrogen-bond acceptors (Lipinski definition) is 10. The number of rotatable bonds is 36. The van der Waals surface area contributed by atoms with Crippen molar-refractivity contribution in [3.63, 3.8) is 0 Å². The smallest absolute Gasteiger partial charge is 0.472 e. The molecule has 0 rings (SSSR count). The van der Waals surface area contributed by atoms with E-state index in [9.17, 15) is 28.6 Å². The molecule has 0 amide bonds. The molecule has 0 bridgehead atoms. The van der Waals surface area contributed by atoms with E-state index >= 15 is 0 Å². The molecule has 0 aliphatic rings. The number of aliphatic carboxylic acids is 1. The molecular formula is C42H68NO11P. The summed E-state index contributed by atoms with van der Waals surface area (Å²) in [4.78, 5) is 57.8. The van der Waals surface area contributed by atoms with Gasteiger partial charge in [-0.05, 0) is 76.7 Å². The maximum Gasteiger partial charge on any atom is 0.472 e. The molecule has 0 fully saturated rings. The number of nitrogens with two attached hydrogens (primary N) is 1. The SMILES string of the molecule is CC/C=C\C/C=C\C/C=C\C/C=C\CCCCC(=O)OC[C@H](COP(=O)(O)OC[C@H](N)C(=O)O)OC(=O)CCCCCCCC(=O)/C=C/C=C\CCCCC. The molecule has 0 spiro atoms. The largest absolute Gasteiger partial charge is 0.480 e. The Morgan fingerprint density at radius 2 is 1.18 bits per heavy atom. The van der Waals surface area contributed by atoms with Crippen LogP contribution in [0.15, 0.2) is 72.9 Å². The zero-order valence-corrected chi connectivity index (χ0v) is 34.1. The molecule has 0 aromatic rings. The summed E-state index contributed by atoms with van der Waals surface area (Å²) in [5, 5.41) is 8.87. The molecule has 1 unspecified atom stereocenters. The van der Waals surface area contributed by atoms with Crippen LogP contribution in [0.3, 0.4) is 0 Å². The van der Waals surface area contributed by atoms with E-state index in [1.165, 1.54) is 12.8 Å². The monoisotopic (exact) mass is 793 g/mol. The van der Waals surface area contributed by atoms with Crippen LogP contribution in [-0.2, 0) is 42.3 Å². The van der Waals surface area contributed by atoms with Crippen LogP contribution in [-0.4, -0.2) is 65.7 Å². The molecule has 0 heterocycles. The molecule has 12 nitrogen and oxygen atoms in total. The van der Waals surface area contributed by atoms with Crippen LogP contribution >= 0.6 is 7.82 Å². The number of carbonyl (C=O) groups is 4. The molecule has 55 heavy (non-hydrogen) atoms. The van der Waals surface area contributed by atoms with Crippen LogP contribution in [0, 0.1) is 0 Å². The average Bonchev–Trinajstić information content (AvgIpc) is 3.15. The molecule has 0 radical (unpaired) electrons. The number of allylic oxidation sites excluding steroid dienone is 12. The predicted molar refractivity (Wildman–Crippen MR) is 217 cm³/mol. The van der Waals surface area contributed by atoms with Gasteiger partial charge in [-0.2, -0.15) is 0 Å². The van der Waals surface area contributed by atoms with Gasteiger partial charge in [-0.15, -0.1) is 0 Å². The lowest BCUT2D eigenvalue weighted by atomic mass is 10.1. The number of hydrogen-bond donors (Lipinski definition) is 3. The molecule has 4 N–H and O–H groups in total. The number of unbranched alkanes of at least 4 members (excludes halogenated alkanes) is 9. The fraction of sp³-hybridized carbons (Fsp3) is 0.619. The summed E-state index contributed by atoms with van der Waals surface area (Å²) >= 11 is 0. The van der Waals surface area contributed by atoms with Gasteiger partial charge in [0.05, 0.1) is 13.2 Å². The Morgan fingerprint density at radius 3 is 1.84 bits per heavy atom. The Hall–Kier alpha value is -3.41. The average molecular weight is 794 g/mol. The third kappa shape index (κ3) is 36.0. The lowest BCUT2D eigenvalue weighted by Gasteiger charge is -2.20. The van der Waals surface area contributed by atoms with E-state index in [1.54, 1.807) is 12.2 Å².